The van der Waals surface area contributed by atoms with E-state index in [1.807, 2.05) is 12.1 Å². The van der Waals surface area contributed by atoms with Crippen LogP contribution in [-0.4, -0.2) is 10.2 Å². The number of hydrogen-bond acceptors (Lipinski definition) is 2. The molecule has 2 nitrogen and oxygen atoms in total. The first-order chi connectivity index (χ1) is 9.22. The van der Waals surface area contributed by atoms with Crippen molar-refractivity contribution in [3.63, 3.8) is 0 Å². The lowest BCUT2D eigenvalue weighted by Gasteiger charge is -2.27. The zero-order chi connectivity index (χ0) is 13.0. The minimum atomic E-state index is -0.165. The minimum absolute atomic E-state index is 0. The molecule has 104 valence electrons. The Labute approximate surface area is 119 Å². The SMILES string of the molecule is C.Oc1cccc2c1C1(CC2)CCc2cccc(O)c21. The molecule has 0 amide bonds. The van der Waals surface area contributed by atoms with Crippen LogP contribution in [0.5, 0.6) is 11.5 Å². The zero-order valence-corrected chi connectivity index (χ0v) is 10.7. The van der Waals surface area contributed by atoms with Crippen LogP contribution in [0.1, 0.15) is 42.5 Å². The third-order valence-corrected chi connectivity index (χ3v) is 4.86. The Morgan fingerprint density at radius 1 is 0.750 bits per heavy atom. The summed E-state index contributed by atoms with van der Waals surface area (Å²) in [4.78, 5) is 0. The molecule has 20 heavy (non-hydrogen) atoms. The number of aromatic hydroxyl groups is 2. The standard InChI is InChI=1S/C17H16O2.CH4/c18-13-5-1-3-11-7-9-17(15(11)13)10-8-12-4-2-6-14(19)16(12)17;/h1-6,18-19H,7-10H2;1H4. The number of aryl methyl sites for hydroxylation is 2. The van der Waals surface area contributed by atoms with Gasteiger partial charge in [-0.05, 0) is 48.9 Å². The maximum atomic E-state index is 10.3. The fourth-order valence-electron chi connectivity index (χ4n) is 4.14. The van der Waals surface area contributed by atoms with Crippen LogP contribution in [-0.2, 0) is 18.3 Å². The van der Waals surface area contributed by atoms with Gasteiger partial charge >= 0.3 is 0 Å². The van der Waals surface area contributed by atoms with Gasteiger partial charge in [-0.25, -0.2) is 0 Å². The minimum Gasteiger partial charge on any atom is -0.508 e. The summed E-state index contributed by atoms with van der Waals surface area (Å²) in [5.41, 5.74) is 4.40. The van der Waals surface area contributed by atoms with Crippen molar-refractivity contribution in [2.45, 2.75) is 38.5 Å². The first-order valence-electron chi connectivity index (χ1n) is 6.85. The number of fused-ring (bicyclic) bond motifs is 4. The normalized spacial score (nSPS) is 17.6. The number of phenolic OH excluding ortho intramolecular Hbond substituents is 2. The summed E-state index contributed by atoms with van der Waals surface area (Å²) in [7, 11) is 0. The van der Waals surface area contributed by atoms with Crippen LogP contribution < -0.4 is 0 Å². The Bertz CT molecular complexity index is 614. The van der Waals surface area contributed by atoms with E-state index in [1.54, 1.807) is 12.1 Å². The van der Waals surface area contributed by atoms with Gasteiger partial charge in [-0.3, -0.25) is 0 Å². The molecule has 0 aliphatic heterocycles. The summed E-state index contributed by atoms with van der Waals surface area (Å²) < 4.78 is 0. The molecule has 0 atom stereocenters. The van der Waals surface area contributed by atoms with Gasteiger partial charge in [-0.1, -0.05) is 31.7 Å². The number of rotatable bonds is 0. The van der Waals surface area contributed by atoms with Gasteiger partial charge in [0.1, 0.15) is 11.5 Å². The van der Waals surface area contributed by atoms with Gasteiger partial charge in [0.2, 0.25) is 0 Å². The molecule has 2 N–H and O–H groups in total. The Morgan fingerprint density at radius 2 is 1.20 bits per heavy atom. The van der Waals surface area contributed by atoms with E-state index in [4.69, 9.17) is 0 Å². The van der Waals surface area contributed by atoms with Crippen LogP contribution in [0.2, 0.25) is 0 Å². The lowest BCUT2D eigenvalue weighted by Crippen LogP contribution is -2.21. The second kappa shape index (κ2) is 4.27. The van der Waals surface area contributed by atoms with Crippen molar-refractivity contribution in [3.05, 3.63) is 58.7 Å². The summed E-state index contributed by atoms with van der Waals surface area (Å²) in [6.45, 7) is 0. The average Bonchev–Trinajstić information content (AvgIpc) is 2.96. The Hall–Kier alpha value is -1.96. The first-order valence-corrected chi connectivity index (χ1v) is 6.85. The van der Waals surface area contributed by atoms with Crippen LogP contribution in [0.25, 0.3) is 0 Å². The molecule has 0 unspecified atom stereocenters. The summed E-state index contributed by atoms with van der Waals surface area (Å²) in [6, 6.07) is 11.6. The average molecular weight is 268 g/mol. The molecular weight excluding hydrogens is 248 g/mol. The van der Waals surface area contributed by atoms with E-state index < -0.39 is 0 Å². The monoisotopic (exact) mass is 268 g/mol. The highest BCUT2D eigenvalue weighted by molar-refractivity contribution is 5.61. The Balaban J connectivity index is 0.00000121. The maximum absolute atomic E-state index is 10.3. The van der Waals surface area contributed by atoms with Crippen molar-refractivity contribution in [2.75, 3.05) is 0 Å². The second-order valence-electron chi connectivity index (χ2n) is 5.70. The molecule has 0 heterocycles. The van der Waals surface area contributed by atoms with E-state index in [2.05, 4.69) is 12.1 Å². The van der Waals surface area contributed by atoms with E-state index in [-0.39, 0.29) is 12.8 Å². The lowest BCUT2D eigenvalue weighted by molar-refractivity contribution is 0.416. The fraction of sp³-hybridized carbons (Fsp3) is 0.333. The van der Waals surface area contributed by atoms with Gasteiger partial charge in [0.25, 0.3) is 0 Å². The van der Waals surface area contributed by atoms with Gasteiger partial charge in [-0.15, -0.1) is 0 Å². The van der Waals surface area contributed by atoms with Gasteiger partial charge < -0.3 is 10.2 Å². The van der Waals surface area contributed by atoms with Gasteiger partial charge in [0, 0.05) is 16.5 Å². The van der Waals surface area contributed by atoms with E-state index in [1.165, 1.54) is 11.1 Å². The molecular formula is C18H20O2. The number of benzene rings is 2. The Morgan fingerprint density at radius 3 is 1.65 bits per heavy atom. The molecule has 4 rings (SSSR count). The summed E-state index contributed by atoms with van der Waals surface area (Å²) in [5.74, 6) is 0.761. The second-order valence-corrected chi connectivity index (χ2v) is 5.70. The molecule has 0 aromatic heterocycles. The smallest absolute Gasteiger partial charge is 0.119 e. The predicted octanol–water partition coefficient (Wildman–Crippen LogP) is 3.91. The molecule has 2 heteroatoms. The highest BCUT2D eigenvalue weighted by Crippen LogP contribution is 2.56. The number of phenols is 2. The van der Waals surface area contributed by atoms with E-state index >= 15 is 0 Å². The lowest BCUT2D eigenvalue weighted by atomic mass is 9.76. The number of hydrogen-bond donors (Lipinski definition) is 2. The summed E-state index contributed by atoms with van der Waals surface area (Å²) in [6.07, 6.45) is 3.95. The fourth-order valence-corrected chi connectivity index (χ4v) is 4.14. The van der Waals surface area contributed by atoms with Crippen molar-refractivity contribution in [1.82, 2.24) is 0 Å². The molecule has 2 aliphatic carbocycles. The van der Waals surface area contributed by atoms with Gasteiger partial charge in [0.15, 0.2) is 0 Å². The molecule has 2 aromatic rings. The molecule has 0 saturated carbocycles. The van der Waals surface area contributed by atoms with Crippen LogP contribution >= 0.6 is 0 Å². The third kappa shape index (κ3) is 1.45. The quantitative estimate of drug-likeness (QED) is 0.760. The van der Waals surface area contributed by atoms with Gasteiger partial charge in [-0.2, -0.15) is 0 Å². The van der Waals surface area contributed by atoms with Crippen molar-refractivity contribution < 1.29 is 10.2 Å². The van der Waals surface area contributed by atoms with E-state index in [0.29, 0.717) is 11.5 Å². The Kier molecular flexibility index (Phi) is 2.79. The van der Waals surface area contributed by atoms with Crippen molar-refractivity contribution in [3.8, 4) is 11.5 Å². The molecule has 0 saturated heterocycles. The van der Waals surface area contributed by atoms with Crippen LogP contribution in [0, 0.1) is 0 Å². The molecule has 1 spiro atoms. The van der Waals surface area contributed by atoms with Crippen molar-refractivity contribution in [2.24, 2.45) is 0 Å². The van der Waals surface area contributed by atoms with Crippen LogP contribution in [0.3, 0.4) is 0 Å². The molecule has 0 fully saturated rings. The first kappa shape index (κ1) is 13.0. The third-order valence-electron chi connectivity index (χ3n) is 4.86. The summed E-state index contributed by atoms with van der Waals surface area (Å²) >= 11 is 0. The van der Waals surface area contributed by atoms with Crippen LogP contribution in [0.15, 0.2) is 36.4 Å². The van der Waals surface area contributed by atoms with Crippen LogP contribution in [0.4, 0.5) is 0 Å². The predicted molar refractivity (Wildman–Crippen MR) is 80.4 cm³/mol. The molecule has 0 bridgehead atoms. The highest BCUT2D eigenvalue weighted by Gasteiger charge is 2.47. The molecule has 0 radical (unpaired) electrons. The largest absolute Gasteiger partial charge is 0.508 e. The van der Waals surface area contributed by atoms with E-state index in [0.717, 1.165) is 36.8 Å². The van der Waals surface area contributed by atoms with Crippen molar-refractivity contribution >= 4 is 0 Å². The highest BCUT2D eigenvalue weighted by atomic mass is 16.3. The topological polar surface area (TPSA) is 40.5 Å². The molecule has 2 aromatic carbocycles. The maximum Gasteiger partial charge on any atom is 0.119 e. The van der Waals surface area contributed by atoms with Gasteiger partial charge in [0.05, 0.1) is 0 Å². The summed E-state index contributed by atoms with van der Waals surface area (Å²) in [5, 5.41) is 20.6. The zero-order valence-electron chi connectivity index (χ0n) is 10.7. The molecule has 2 aliphatic rings. The van der Waals surface area contributed by atoms with Crippen molar-refractivity contribution in [1.29, 1.82) is 0 Å². The van der Waals surface area contributed by atoms with E-state index in [9.17, 15) is 10.2 Å².